The fourth-order valence-corrected chi connectivity index (χ4v) is 3.05. The normalized spacial score (nSPS) is 11.0. The first kappa shape index (κ1) is 16.9. The molecule has 2 N–H and O–H groups in total. The Morgan fingerprint density at radius 1 is 0.920 bits per heavy atom. The molecule has 0 saturated heterocycles. The molecule has 6 nitrogen and oxygen atoms in total. The number of Topliss-reactive ketones (excluding diaryl/α,β-unsaturated/α-hetero) is 2. The molecular weight excluding hydrogens is 320 g/mol. The maximum atomic E-state index is 11.7. The monoisotopic (exact) mass is 338 g/mol. The predicted molar refractivity (Wildman–Crippen MR) is 94.0 cm³/mol. The lowest BCUT2D eigenvalue weighted by Gasteiger charge is -2.07. The van der Waals surface area contributed by atoms with Crippen molar-refractivity contribution in [1.29, 1.82) is 0 Å². The minimum Gasteiger partial charge on any atom is -0.340 e. The largest absolute Gasteiger partial charge is 0.340 e. The van der Waals surface area contributed by atoms with E-state index in [-0.39, 0.29) is 18.0 Å². The number of amides is 1. The average Bonchev–Trinajstić information content (AvgIpc) is 2.91. The maximum Gasteiger partial charge on any atom is 0.245 e. The summed E-state index contributed by atoms with van der Waals surface area (Å²) in [5.41, 5.74) is 4.55. The number of ketones is 2. The molecule has 0 fully saturated rings. The highest BCUT2D eigenvalue weighted by Crippen LogP contribution is 2.31. The van der Waals surface area contributed by atoms with Gasteiger partial charge in [-0.2, -0.15) is 0 Å². The zero-order valence-corrected chi connectivity index (χ0v) is 14.0. The van der Waals surface area contributed by atoms with Crippen LogP contribution in [0.1, 0.15) is 41.0 Å². The Hall–Kier alpha value is -2.99. The summed E-state index contributed by atoms with van der Waals surface area (Å²) in [7, 11) is 0. The summed E-state index contributed by atoms with van der Waals surface area (Å²) >= 11 is 0. The van der Waals surface area contributed by atoms with E-state index in [4.69, 9.17) is 5.21 Å². The van der Waals surface area contributed by atoms with Crippen LogP contribution in [0, 0.1) is 0 Å². The lowest BCUT2D eigenvalue weighted by molar-refractivity contribution is -0.129. The molecule has 0 spiro atoms. The summed E-state index contributed by atoms with van der Waals surface area (Å²) in [5.74, 6) is -0.550. The summed E-state index contributed by atoms with van der Waals surface area (Å²) in [6, 6.07) is 10.8. The molecule has 0 aliphatic carbocycles. The number of aryl methyl sites for hydroxylation is 1. The highest BCUT2D eigenvalue weighted by Gasteiger charge is 2.14. The fraction of sp³-hybridized carbons (Fsp3) is 0.211. The van der Waals surface area contributed by atoms with Gasteiger partial charge in [-0.05, 0) is 50.2 Å². The molecule has 3 rings (SSSR count). The van der Waals surface area contributed by atoms with E-state index in [1.165, 1.54) is 13.8 Å². The van der Waals surface area contributed by atoms with Crippen LogP contribution in [0.15, 0.2) is 36.4 Å². The molecule has 0 saturated carbocycles. The van der Waals surface area contributed by atoms with Gasteiger partial charge in [-0.3, -0.25) is 19.6 Å². The smallest absolute Gasteiger partial charge is 0.245 e. The number of hydroxylamine groups is 1. The van der Waals surface area contributed by atoms with Gasteiger partial charge < -0.3 is 4.57 Å². The Kier molecular flexibility index (Phi) is 4.37. The SMILES string of the molecule is CC(=O)c1ccc2c(c1)c1cc(C(C)=O)ccc1n2CCC(=O)NO. The molecule has 1 aromatic heterocycles. The number of fused-ring (bicyclic) bond motifs is 3. The van der Waals surface area contributed by atoms with Gasteiger partial charge in [0.15, 0.2) is 11.6 Å². The van der Waals surface area contributed by atoms with Crippen LogP contribution in [0.25, 0.3) is 21.8 Å². The zero-order valence-electron chi connectivity index (χ0n) is 14.0. The molecule has 1 heterocycles. The highest BCUT2D eigenvalue weighted by molar-refractivity contribution is 6.12. The van der Waals surface area contributed by atoms with Crippen LogP contribution in [-0.2, 0) is 11.3 Å². The van der Waals surface area contributed by atoms with Crippen LogP contribution < -0.4 is 5.48 Å². The quantitative estimate of drug-likeness (QED) is 0.425. The Morgan fingerprint density at radius 2 is 1.40 bits per heavy atom. The topological polar surface area (TPSA) is 88.4 Å². The van der Waals surface area contributed by atoms with Crippen molar-refractivity contribution in [1.82, 2.24) is 10.0 Å². The van der Waals surface area contributed by atoms with Crippen molar-refractivity contribution in [2.75, 3.05) is 0 Å². The summed E-state index contributed by atoms with van der Waals surface area (Å²) in [5, 5.41) is 10.4. The molecule has 1 amide bonds. The van der Waals surface area contributed by atoms with Gasteiger partial charge in [0.2, 0.25) is 5.91 Å². The second kappa shape index (κ2) is 6.49. The van der Waals surface area contributed by atoms with Gasteiger partial charge in [-0.15, -0.1) is 0 Å². The molecule has 0 bridgehead atoms. The van der Waals surface area contributed by atoms with Crippen LogP contribution in [0.5, 0.6) is 0 Å². The van der Waals surface area contributed by atoms with E-state index in [1.807, 2.05) is 28.8 Å². The molecule has 0 atom stereocenters. The maximum absolute atomic E-state index is 11.7. The highest BCUT2D eigenvalue weighted by atomic mass is 16.5. The number of nitrogens with zero attached hydrogens (tertiary/aromatic N) is 1. The molecule has 3 aromatic rings. The van der Waals surface area contributed by atoms with Crippen molar-refractivity contribution < 1.29 is 19.6 Å². The first-order valence-electron chi connectivity index (χ1n) is 7.93. The van der Waals surface area contributed by atoms with E-state index >= 15 is 0 Å². The number of nitrogens with one attached hydrogen (secondary N) is 1. The fourth-order valence-electron chi connectivity index (χ4n) is 3.05. The molecule has 0 radical (unpaired) electrons. The van der Waals surface area contributed by atoms with Crippen molar-refractivity contribution in [3.63, 3.8) is 0 Å². The van der Waals surface area contributed by atoms with Crippen molar-refractivity contribution in [2.45, 2.75) is 26.8 Å². The number of benzene rings is 2. The zero-order chi connectivity index (χ0) is 18.1. The van der Waals surface area contributed by atoms with Crippen LogP contribution in [0.2, 0.25) is 0 Å². The van der Waals surface area contributed by atoms with Gasteiger partial charge in [0, 0.05) is 45.9 Å². The number of hydrogen-bond acceptors (Lipinski definition) is 4. The Morgan fingerprint density at radius 3 is 1.80 bits per heavy atom. The number of rotatable bonds is 5. The third-order valence-electron chi connectivity index (χ3n) is 4.37. The van der Waals surface area contributed by atoms with E-state index in [1.54, 1.807) is 17.6 Å². The third kappa shape index (κ3) is 3.04. The second-order valence-electron chi connectivity index (χ2n) is 6.01. The van der Waals surface area contributed by atoms with Crippen molar-refractivity contribution in [3.05, 3.63) is 47.5 Å². The molecule has 6 heteroatoms. The summed E-state index contributed by atoms with van der Waals surface area (Å²) in [6.07, 6.45) is 0.109. The Bertz CT molecular complexity index is 946. The molecular formula is C19H18N2O4. The van der Waals surface area contributed by atoms with E-state index < -0.39 is 5.91 Å². The Labute approximate surface area is 144 Å². The second-order valence-corrected chi connectivity index (χ2v) is 6.01. The molecule has 2 aromatic carbocycles. The van der Waals surface area contributed by atoms with Crippen LogP contribution in [0.3, 0.4) is 0 Å². The number of hydrogen-bond donors (Lipinski definition) is 2. The van der Waals surface area contributed by atoms with Crippen molar-refractivity contribution in [2.24, 2.45) is 0 Å². The number of aromatic nitrogens is 1. The van der Waals surface area contributed by atoms with Crippen LogP contribution in [-0.4, -0.2) is 27.2 Å². The number of carbonyl (C=O) groups excluding carboxylic acids is 3. The van der Waals surface area contributed by atoms with Crippen LogP contribution >= 0.6 is 0 Å². The van der Waals surface area contributed by atoms with Crippen LogP contribution in [0.4, 0.5) is 0 Å². The minimum absolute atomic E-state index is 0.0369. The van der Waals surface area contributed by atoms with Gasteiger partial charge in [0.05, 0.1) is 0 Å². The summed E-state index contributed by atoms with van der Waals surface area (Å²) < 4.78 is 1.95. The molecule has 0 unspecified atom stereocenters. The summed E-state index contributed by atoms with van der Waals surface area (Å²) in [4.78, 5) is 34.8. The van der Waals surface area contributed by atoms with Gasteiger partial charge in [-0.1, -0.05) is 0 Å². The molecule has 25 heavy (non-hydrogen) atoms. The van der Waals surface area contributed by atoms with Gasteiger partial charge in [-0.25, -0.2) is 5.48 Å². The van der Waals surface area contributed by atoms with Gasteiger partial charge in [0.25, 0.3) is 0 Å². The lowest BCUT2D eigenvalue weighted by atomic mass is 10.0. The molecule has 128 valence electrons. The first-order valence-corrected chi connectivity index (χ1v) is 7.93. The number of carbonyl (C=O) groups is 3. The molecule has 0 aliphatic rings. The lowest BCUT2D eigenvalue weighted by Crippen LogP contribution is -2.20. The van der Waals surface area contributed by atoms with E-state index in [2.05, 4.69) is 0 Å². The first-order chi connectivity index (χ1) is 11.9. The Balaban J connectivity index is 2.26. The predicted octanol–water partition coefficient (Wildman–Crippen LogP) is 3.10. The third-order valence-corrected chi connectivity index (χ3v) is 4.37. The summed E-state index contributed by atoms with van der Waals surface area (Å²) in [6.45, 7) is 3.38. The van der Waals surface area contributed by atoms with Crippen molar-refractivity contribution >= 4 is 39.3 Å². The minimum atomic E-state index is -0.476. The van der Waals surface area contributed by atoms with E-state index in [0.29, 0.717) is 17.7 Å². The average molecular weight is 338 g/mol. The van der Waals surface area contributed by atoms with Gasteiger partial charge >= 0.3 is 0 Å². The van der Waals surface area contributed by atoms with Crippen molar-refractivity contribution in [3.8, 4) is 0 Å². The van der Waals surface area contributed by atoms with E-state index in [9.17, 15) is 14.4 Å². The standard InChI is InChI=1S/C19H18N2O4/c1-11(22)13-3-5-17-15(9-13)16-10-14(12(2)23)4-6-18(16)21(17)8-7-19(24)20-25/h3-6,9-10,25H,7-8H2,1-2H3,(H,20,24). The van der Waals surface area contributed by atoms with Gasteiger partial charge in [0.1, 0.15) is 0 Å². The van der Waals surface area contributed by atoms with E-state index in [0.717, 1.165) is 21.8 Å². The molecule has 0 aliphatic heterocycles.